The Labute approximate surface area is 69.3 Å². The van der Waals surface area contributed by atoms with E-state index in [2.05, 4.69) is 0 Å². The van der Waals surface area contributed by atoms with Crippen molar-refractivity contribution in [2.24, 2.45) is 0 Å². The molecule has 0 unspecified atom stereocenters. The fourth-order valence-electron chi connectivity index (χ4n) is 0.671. The summed E-state index contributed by atoms with van der Waals surface area (Å²) in [6, 6.07) is 0. The van der Waals surface area contributed by atoms with Crippen molar-refractivity contribution in [3.63, 3.8) is 0 Å². The average molecular weight is 183 g/mol. The first-order valence-electron chi connectivity index (χ1n) is 3.48. The fraction of sp³-hybridized carbons (Fsp3) is 1.00. The normalized spacial score (nSPS) is 21.5. The van der Waals surface area contributed by atoms with Gasteiger partial charge in [-0.3, -0.25) is 0 Å². The Morgan fingerprint density at radius 2 is 0.917 bits per heavy atom. The van der Waals surface area contributed by atoms with Crippen LogP contribution in [0.25, 0.3) is 0 Å². The van der Waals surface area contributed by atoms with Crippen molar-refractivity contribution in [3.8, 4) is 0 Å². The van der Waals surface area contributed by atoms with Crippen molar-refractivity contribution in [3.05, 3.63) is 0 Å². The van der Waals surface area contributed by atoms with Crippen LogP contribution in [0.3, 0.4) is 0 Å². The van der Waals surface area contributed by atoms with Crippen molar-refractivity contribution in [2.45, 2.75) is 24.4 Å². The lowest BCUT2D eigenvalue weighted by Crippen LogP contribution is -2.46. The number of hydrogen-bond donors (Lipinski definition) is 6. The van der Waals surface area contributed by atoms with Gasteiger partial charge in [0.2, 0.25) is 0 Å². The molecule has 0 saturated heterocycles. The summed E-state index contributed by atoms with van der Waals surface area (Å²) < 4.78 is 0. The first kappa shape index (κ1) is 11.8. The Kier molecular flexibility index (Phi) is 5.31. The molecule has 6 N–H and O–H groups in total. The molecule has 0 spiro atoms. The summed E-state index contributed by atoms with van der Waals surface area (Å²) in [6.45, 7) is -1.45. The molecule has 6 nitrogen and oxygen atoms in total. The topological polar surface area (TPSA) is 121 Å². The monoisotopic (exact) mass is 183 g/mol. The molecule has 0 aliphatic rings. The van der Waals surface area contributed by atoms with Gasteiger partial charge in [-0.25, -0.2) is 0 Å². The van der Waals surface area contributed by atoms with Crippen molar-refractivity contribution in [1.29, 1.82) is 0 Å². The lowest BCUT2D eigenvalue weighted by Gasteiger charge is -2.24. The maximum atomic E-state index is 8.96. The lowest BCUT2D eigenvalue weighted by molar-refractivity contribution is -0.123. The van der Waals surface area contributed by atoms with Gasteiger partial charge in [0.15, 0.2) is 0 Å². The van der Waals surface area contributed by atoms with Crippen molar-refractivity contribution >= 4 is 0 Å². The predicted octanol–water partition coefficient (Wildman–Crippen LogP) is -3.59. The summed E-state index contributed by atoms with van der Waals surface area (Å²) in [7, 11) is 0. The van der Waals surface area contributed by atoms with E-state index in [-0.39, 0.29) is 0 Å². The second kappa shape index (κ2) is 5.41. The van der Waals surface area contributed by atoms with Crippen molar-refractivity contribution < 1.29 is 30.6 Å². The zero-order chi connectivity index (χ0) is 9.72. The van der Waals surface area contributed by atoms with Gasteiger partial charge < -0.3 is 30.6 Å². The highest BCUT2D eigenvalue weighted by Gasteiger charge is 2.29. The number of rotatable bonds is 5. The van der Waals surface area contributed by atoms with Crippen LogP contribution in [-0.4, -0.2) is 68.3 Å². The van der Waals surface area contributed by atoms with E-state index in [9.17, 15) is 0 Å². The highest BCUT2D eigenvalue weighted by atomic mass is 16.4. The van der Waals surface area contributed by atoms with Crippen LogP contribution >= 0.6 is 0 Å². The molecule has 0 aromatic rings. The molecule has 4 atom stereocenters. The summed E-state index contributed by atoms with van der Waals surface area (Å²) in [5.74, 6) is 0. The minimum absolute atomic E-state index is 0.726. The largest absolute Gasteiger partial charge is 0.394 e. The van der Waals surface area contributed by atoms with Crippen molar-refractivity contribution in [2.75, 3.05) is 13.2 Å². The molecule has 0 aromatic heterocycles. The molecule has 0 aliphatic heterocycles. The van der Waals surface area contributed by atoms with Crippen molar-refractivity contribution in [1.82, 2.24) is 0 Å². The molecule has 0 radical (unpaired) electrons. The second-order valence-corrected chi connectivity index (χ2v) is 2.48. The maximum Gasteiger partial charge on any atom is 0.111 e. The van der Waals surface area contributed by atoms with E-state index in [0.717, 1.165) is 0 Å². The van der Waals surface area contributed by atoms with Gasteiger partial charge in [0.1, 0.15) is 24.4 Å². The van der Waals surface area contributed by atoms with E-state index in [0.29, 0.717) is 0 Å². The Morgan fingerprint density at radius 3 is 1.08 bits per heavy atom. The zero-order valence-corrected chi connectivity index (χ0v) is 6.41. The molecule has 0 amide bonds. The van der Waals surface area contributed by atoms with Crippen LogP contribution in [0.4, 0.5) is 0 Å². The van der Waals surface area contributed by atoms with Crippen LogP contribution in [0.15, 0.2) is 0 Å². The standard InChI is InChI=1S/C6H14O6/c7-1-3(9)5(11)6(12)4(10)2-8/h3-12H,1-2H2/t3-,4+,5-,6-/m0/s1/i1+1/t3-,4+,5+,6+/m1. The SMILES string of the molecule is OC[C@H](O)[C@H](O)[C@@H](O)[C@H](O)[13CH2]O. The van der Waals surface area contributed by atoms with Crippen LogP contribution < -0.4 is 0 Å². The van der Waals surface area contributed by atoms with Gasteiger partial charge in [0.05, 0.1) is 13.2 Å². The molecule has 0 aromatic carbocycles. The summed E-state index contributed by atoms with van der Waals surface area (Å²) in [5.41, 5.74) is 0. The lowest BCUT2D eigenvalue weighted by atomic mass is 10.1. The Hall–Kier alpha value is -0.240. The van der Waals surface area contributed by atoms with E-state index in [1.807, 2.05) is 0 Å². The molecule has 0 rings (SSSR count). The van der Waals surface area contributed by atoms with Crippen LogP contribution in [0.5, 0.6) is 0 Å². The van der Waals surface area contributed by atoms with Gasteiger partial charge >= 0.3 is 0 Å². The smallest absolute Gasteiger partial charge is 0.111 e. The summed E-state index contributed by atoms with van der Waals surface area (Å²) in [5, 5.41) is 52.2. The van der Waals surface area contributed by atoms with Gasteiger partial charge in [-0.15, -0.1) is 0 Å². The molecule has 6 heteroatoms. The van der Waals surface area contributed by atoms with Crippen LogP contribution in [0.2, 0.25) is 0 Å². The summed E-state index contributed by atoms with van der Waals surface area (Å²) in [6.07, 6.45) is -6.39. The van der Waals surface area contributed by atoms with Crippen LogP contribution in [0.1, 0.15) is 0 Å². The molecule has 12 heavy (non-hydrogen) atoms. The first-order valence-corrected chi connectivity index (χ1v) is 3.48. The highest BCUT2D eigenvalue weighted by molar-refractivity contribution is 4.79. The fourth-order valence-corrected chi connectivity index (χ4v) is 0.671. The number of aliphatic hydroxyl groups excluding tert-OH is 6. The first-order chi connectivity index (χ1) is 5.54. The number of hydrogen-bond acceptors (Lipinski definition) is 6. The van der Waals surface area contributed by atoms with E-state index < -0.39 is 37.6 Å². The maximum absolute atomic E-state index is 8.96. The van der Waals surface area contributed by atoms with E-state index >= 15 is 0 Å². The van der Waals surface area contributed by atoms with E-state index in [1.165, 1.54) is 0 Å². The Bertz CT molecular complexity index is 105. The van der Waals surface area contributed by atoms with Gasteiger partial charge in [0, 0.05) is 0 Å². The van der Waals surface area contributed by atoms with E-state index in [4.69, 9.17) is 30.6 Å². The van der Waals surface area contributed by atoms with Crippen LogP contribution in [-0.2, 0) is 0 Å². The molecular weight excluding hydrogens is 169 g/mol. The minimum Gasteiger partial charge on any atom is -0.394 e. The zero-order valence-electron chi connectivity index (χ0n) is 6.41. The molecule has 0 bridgehead atoms. The Balaban J connectivity index is 3.99. The molecular formula is C6H14O6. The predicted molar refractivity (Wildman–Crippen MR) is 38.2 cm³/mol. The molecule has 0 heterocycles. The minimum atomic E-state index is -1.67. The van der Waals surface area contributed by atoms with Gasteiger partial charge in [-0.1, -0.05) is 0 Å². The summed E-state index contributed by atoms with van der Waals surface area (Å²) >= 11 is 0. The average Bonchev–Trinajstić information content (AvgIpc) is 2.12. The summed E-state index contributed by atoms with van der Waals surface area (Å²) in [4.78, 5) is 0. The molecule has 74 valence electrons. The molecule has 0 aliphatic carbocycles. The van der Waals surface area contributed by atoms with Gasteiger partial charge in [-0.05, 0) is 0 Å². The molecule has 0 fully saturated rings. The Morgan fingerprint density at radius 1 is 0.667 bits per heavy atom. The van der Waals surface area contributed by atoms with E-state index in [1.54, 1.807) is 0 Å². The highest BCUT2D eigenvalue weighted by Crippen LogP contribution is 2.03. The third-order valence-corrected chi connectivity index (χ3v) is 1.51. The van der Waals surface area contributed by atoms with Gasteiger partial charge in [0.25, 0.3) is 0 Å². The van der Waals surface area contributed by atoms with Crippen LogP contribution in [0, 0.1) is 0 Å². The number of aliphatic hydroxyl groups is 6. The third-order valence-electron chi connectivity index (χ3n) is 1.51. The quantitative estimate of drug-likeness (QED) is 0.245. The second-order valence-electron chi connectivity index (χ2n) is 2.48. The third kappa shape index (κ3) is 3.02. The molecule has 0 saturated carbocycles. The van der Waals surface area contributed by atoms with Gasteiger partial charge in [-0.2, -0.15) is 0 Å².